The monoisotopic (exact) mass is 296 g/mol. The van der Waals surface area contributed by atoms with Gasteiger partial charge in [-0.1, -0.05) is 12.5 Å². The first kappa shape index (κ1) is 15.4. The Bertz CT molecular complexity index is 524. The molecule has 1 N–H and O–H groups in total. The van der Waals surface area contributed by atoms with Crippen molar-refractivity contribution in [3.8, 4) is 0 Å². The Morgan fingerprint density at radius 3 is 2.38 bits per heavy atom. The van der Waals surface area contributed by atoms with Crippen LogP contribution in [0.25, 0.3) is 0 Å². The third-order valence-corrected chi connectivity index (χ3v) is 3.70. The molecule has 0 aromatic heterocycles. The summed E-state index contributed by atoms with van der Waals surface area (Å²) in [5, 5.41) is 2.70. The van der Waals surface area contributed by atoms with Crippen molar-refractivity contribution in [3.05, 3.63) is 29.8 Å². The number of rotatable bonds is 5. The minimum absolute atomic E-state index is 0.0334. The summed E-state index contributed by atoms with van der Waals surface area (Å²) in [4.78, 5) is 24.3. The zero-order valence-corrected chi connectivity index (χ0v) is 11.9. The fourth-order valence-corrected chi connectivity index (χ4v) is 2.28. The van der Waals surface area contributed by atoms with Gasteiger partial charge in [0.15, 0.2) is 0 Å². The third kappa shape index (κ3) is 3.56. The number of nitrogens with zero attached hydrogens (tertiary/aromatic N) is 1. The number of amides is 2. The highest BCUT2D eigenvalue weighted by Gasteiger charge is 2.25. The minimum Gasteiger partial charge on any atom is -0.354 e. The number of halogens is 2. The van der Waals surface area contributed by atoms with Crippen LogP contribution in [-0.4, -0.2) is 24.9 Å². The molecule has 0 radical (unpaired) electrons. The van der Waals surface area contributed by atoms with Crippen molar-refractivity contribution >= 4 is 17.5 Å². The number of hydrogen-bond donors (Lipinski definition) is 1. The molecule has 1 aliphatic carbocycles. The molecule has 2 rings (SSSR count). The van der Waals surface area contributed by atoms with Gasteiger partial charge >= 0.3 is 0 Å². The number of carbonyl (C=O) groups excluding carboxylic acids is 2. The molecule has 1 aliphatic rings. The normalized spacial score (nSPS) is 14.4. The van der Waals surface area contributed by atoms with Gasteiger partial charge in [0.2, 0.25) is 11.8 Å². The topological polar surface area (TPSA) is 49.4 Å². The van der Waals surface area contributed by atoms with Crippen LogP contribution < -0.4 is 10.2 Å². The lowest BCUT2D eigenvalue weighted by atomic mass is 9.85. The maximum atomic E-state index is 13.7. The molecular formula is C15H18F2N2O2. The van der Waals surface area contributed by atoms with Gasteiger partial charge in [0.05, 0.1) is 0 Å². The predicted octanol–water partition coefficient (Wildman–Crippen LogP) is 2.23. The van der Waals surface area contributed by atoms with E-state index in [-0.39, 0.29) is 30.6 Å². The molecule has 1 aromatic carbocycles. The van der Waals surface area contributed by atoms with Crippen LogP contribution in [0, 0.1) is 17.6 Å². The Morgan fingerprint density at radius 1 is 1.29 bits per heavy atom. The molecule has 0 spiro atoms. The van der Waals surface area contributed by atoms with E-state index in [1.165, 1.54) is 13.0 Å². The summed E-state index contributed by atoms with van der Waals surface area (Å²) in [6.07, 6.45) is 2.81. The van der Waals surface area contributed by atoms with Gasteiger partial charge < -0.3 is 10.2 Å². The van der Waals surface area contributed by atoms with Crippen molar-refractivity contribution in [2.24, 2.45) is 5.92 Å². The minimum atomic E-state index is -0.796. The first-order valence-corrected chi connectivity index (χ1v) is 7.00. The molecule has 1 saturated carbocycles. The summed E-state index contributed by atoms with van der Waals surface area (Å²) < 4.78 is 27.4. The van der Waals surface area contributed by atoms with Crippen LogP contribution >= 0.6 is 0 Å². The molecule has 0 unspecified atom stereocenters. The van der Waals surface area contributed by atoms with Crippen molar-refractivity contribution in [2.75, 3.05) is 18.0 Å². The molecule has 6 heteroatoms. The van der Waals surface area contributed by atoms with E-state index in [0.717, 1.165) is 36.3 Å². The average molecular weight is 296 g/mol. The van der Waals surface area contributed by atoms with Gasteiger partial charge in [-0.25, -0.2) is 8.78 Å². The number of nitrogens with one attached hydrogen (secondary N) is 1. The van der Waals surface area contributed by atoms with Crippen molar-refractivity contribution in [1.29, 1.82) is 0 Å². The second-order valence-electron chi connectivity index (χ2n) is 5.16. The van der Waals surface area contributed by atoms with Crippen LogP contribution in [0.15, 0.2) is 18.2 Å². The molecule has 1 fully saturated rings. The molecule has 0 atom stereocenters. The summed E-state index contributed by atoms with van der Waals surface area (Å²) in [5.74, 6) is -2.08. The summed E-state index contributed by atoms with van der Waals surface area (Å²) in [6, 6.07) is 3.44. The lowest BCUT2D eigenvalue weighted by Crippen LogP contribution is -2.41. The second kappa shape index (κ2) is 6.65. The highest BCUT2D eigenvalue weighted by Crippen LogP contribution is 2.26. The second-order valence-corrected chi connectivity index (χ2v) is 5.16. The Labute approximate surface area is 122 Å². The number of anilines is 1. The zero-order chi connectivity index (χ0) is 15.4. The summed E-state index contributed by atoms with van der Waals surface area (Å²) in [6.45, 7) is 1.44. The van der Waals surface area contributed by atoms with Crippen LogP contribution in [0.4, 0.5) is 14.5 Å². The smallest absolute Gasteiger partial charge is 0.224 e. The van der Waals surface area contributed by atoms with E-state index >= 15 is 0 Å². The van der Waals surface area contributed by atoms with Crippen LogP contribution in [-0.2, 0) is 9.59 Å². The SMILES string of the molecule is CC(=O)N(CCNC(=O)C1CCC1)c1c(F)cccc1F. The van der Waals surface area contributed by atoms with E-state index < -0.39 is 17.5 Å². The summed E-state index contributed by atoms with van der Waals surface area (Å²) in [5.41, 5.74) is -0.372. The molecule has 2 amide bonds. The average Bonchev–Trinajstić information content (AvgIpc) is 2.34. The maximum Gasteiger partial charge on any atom is 0.224 e. The summed E-state index contributed by atoms with van der Waals surface area (Å²) in [7, 11) is 0. The van der Waals surface area contributed by atoms with Gasteiger partial charge in [0.1, 0.15) is 17.3 Å². The van der Waals surface area contributed by atoms with E-state index in [2.05, 4.69) is 5.32 Å². The Balaban J connectivity index is 1.99. The molecule has 0 heterocycles. The lowest BCUT2D eigenvalue weighted by molar-refractivity contribution is -0.127. The van der Waals surface area contributed by atoms with E-state index in [0.29, 0.717) is 0 Å². The van der Waals surface area contributed by atoms with E-state index in [4.69, 9.17) is 0 Å². The van der Waals surface area contributed by atoms with Gasteiger partial charge in [-0.05, 0) is 25.0 Å². The van der Waals surface area contributed by atoms with Crippen molar-refractivity contribution in [3.63, 3.8) is 0 Å². The summed E-state index contributed by atoms with van der Waals surface area (Å²) >= 11 is 0. The quantitative estimate of drug-likeness (QED) is 0.906. The predicted molar refractivity (Wildman–Crippen MR) is 74.7 cm³/mol. The van der Waals surface area contributed by atoms with Gasteiger partial charge in [-0.3, -0.25) is 9.59 Å². The Morgan fingerprint density at radius 2 is 1.90 bits per heavy atom. The standard InChI is InChI=1S/C15H18F2N2O2/c1-10(20)19(14-12(16)6-3-7-13(14)17)9-8-18-15(21)11-4-2-5-11/h3,6-7,11H,2,4-5,8-9H2,1H3,(H,18,21). The van der Waals surface area contributed by atoms with Crippen molar-refractivity contribution in [2.45, 2.75) is 26.2 Å². The molecule has 114 valence electrons. The maximum absolute atomic E-state index is 13.7. The third-order valence-electron chi connectivity index (χ3n) is 3.70. The van der Waals surface area contributed by atoms with Gasteiger partial charge in [0, 0.05) is 25.9 Å². The Hall–Kier alpha value is -1.98. The van der Waals surface area contributed by atoms with Crippen LogP contribution in [0.3, 0.4) is 0 Å². The van der Waals surface area contributed by atoms with Crippen LogP contribution in [0.1, 0.15) is 26.2 Å². The zero-order valence-electron chi connectivity index (χ0n) is 11.9. The van der Waals surface area contributed by atoms with Crippen LogP contribution in [0.2, 0.25) is 0 Å². The molecule has 1 aromatic rings. The fraction of sp³-hybridized carbons (Fsp3) is 0.467. The van der Waals surface area contributed by atoms with Gasteiger partial charge in [0.25, 0.3) is 0 Å². The molecule has 0 bridgehead atoms. The number of benzene rings is 1. The first-order chi connectivity index (χ1) is 10.0. The first-order valence-electron chi connectivity index (χ1n) is 7.00. The van der Waals surface area contributed by atoms with Gasteiger partial charge in [-0.2, -0.15) is 0 Å². The fourth-order valence-electron chi connectivity index (χ4n) is 2.28. The number of hydrogen-bond acceptors (Lipinski definition) is 2. The van der Waals surface area contributed by atoms with E-state index in [1.807, 2.05) is 0 Å². The Kier molecular flexibility index (Phi) is 4.88. The van der Waals surface area contributed by atoms with E-state index in [1.54, 1.807) is 0 Å². The molecular weight excluding hydrogens is 278 g/mol. The largest absolute Gasteiger partial charge is 0.354 e. The van der Waals surface area contributed by atoms with Gasteiger partial charge in [-0.15, -0.1) is 0 Å². The lowest BCUT2D eigenvalue weighted by Gasteiger charge is -2.26. The number of carbonyl (C=O) groups is 2. The molecule has 0 aliphatic heterocycles. The highest BCUT2D eigenvalue weighted by molar-refractivity contribution is 5.91. The highest BCUT2D eigenvalue weighted by atomic mass is 19.1. The van der Waals surface area contributed by atoms with Crippen molar-refractivity contribution < 1.29 is 18.4 Å². The van der Waals surface area contributed by atoms with E-state index in [9.17, 15) is 18.4 Å². The number of para-hydroxylation sites is 1. The van der Waals surface area contributed by atoms with Crippen LogP contribution in [0.5, 0.6) is 0 Å². The molecule has 4 nitrogen and oxygen atoms in total. The molecule has 0 saturated heterocycles. The van der Waals surface area contributed by atoms with Crippen molar-refractivity contribution in [1.82, 2.24) is 5.32 Å². The molecule has 21 heavy (non-hydrogen) atoms.